The molecule has 0 bridgehead atoms. The molecule has 0 saturated carbocycles. The van der Waals surface area contributed by atoms with Gasteiger partial charge in [0.2, 0.25) is 5.91 Å². The van der Waals surface area contributed by atoms with Gasteiger partial charge in [-0.15, -0.1) is 0 Å². The molecule has 202 valence electrons. The molecule has 6 rings (SSSR count). The molecule has 1 aliphatic heterocycles. The Morgan fingerprint density at radius 1 is 0.850 bits per heavy atom. The van der Waals surface area contributed by atoms with Crippen LogP contribution in [0.3, 0.4) is 0 Å². The van der Waals surface area contributed by atoms with Crippen LogP contribution in [0.2, 0.25) is 0 Å². The lowest BCUT2D eigenvalue weighted by molar-refractivity contribution is -0.122. The van der Waals surface area contributed by atoms with Crippen molar-refractivity contribution >= 4 is 16.8 Å². The average molecular weight is 530 g/mol. The Hall–Kier alpha value is -4.35. The Labute approximate surface area is 235 Å². The molecule has 2 N–H and O–H groups in total. The van der Waals surface area contributed by atoms with Gasteiger partial charge in [-0.2, -0.15) is 0 Å². The summed E-state index contributed by atoms with van der Waals surface area (Å²) in [7, 11) is 0. The maximum Gasteiger partial charge on any atom is 0.221 e. The average Bonchev–Trinajstić information content (AvgIpc) is 3.42. The molecule has 1 saturated heterocycles. The Bertz CT molecular complexity index is 1540. The number of H-pyrrole nitrogens is 1. The van der Waals surface area contributed by atoms with E-state index < -0.39 is 0 Å². The van der Waals surface area contributed by atoms with E-state index >= 15 is 0 Å². The van der Waals surface area contributed by atoms with Crippen LogP contribution in [0.15, 0.2) is 115 Å². The summed E-state index contributed by atoms with van der Waals surface area (Å²) in [6.45, 7) is 2.95. The second-order valence-electron chi connectivity index (χ2n) is 10.6. The lowest BCUT2D eigenvalue weighted by atomic mass is 9.87. The van der Waals surface area contributed by atoms with E-state index in [9.17, 15) is 4.79 Å². The van der Waals surface area contributed by atoms with E-state index in [0.29, 0.717) is 6.42 Å². The van der Waals surface area contributed by atoms with Gasteiger partial charge in [0.25, 0.3) is 0 Å². The predicted octanol–water partition coefficient (Wildman–Crippen LogP) is 7.26. The van der Waals surface area contributed by atoms with E-state index in [1.807, 2.05) is 48.5 Å². The minimum absolute atomic E-state index is 0.0890. The van der Waals surface area contributed by atoms with Crippen molar-refractivity contribution in [2.75, 3.05) is 13.1 Å². The summed E-state index contributed by atoms with van der Waals surface area (Å²) < 4.78 is 6.14. The number of hydrogen-bond acceptors (Lipinski definition) is 3. The molecule has 2 heterocycles. The number of nitrogens with one attached hydrogen (secondary N) is 2. The minimum atomic E-state index is -0.103. The fourth-order valence-corrected chi connectivity index (χ4v) is 5.76. The highest BCUT2D eigenvalue weighted by molar-refractivity contribution is 5.86. The highest BCUT2D eigenvalue weighted by Gasteiger charge is 2.25. The molecule has 0 aliphatic carbocycles. The smallest absolute Gasteiger partial charge is 0.221 e. The molecule has 1 amide bonds. The van der Waals surface area contributed by atoms with E-state index in [2.05, 4.69) is 82.1 Å². The van der Waals surface area contributed by atoms with Crippen LogP contribution in [0, 0.1) is 0 Å². The van der Waals surface area contributed by atoms with Gasteiger partial charge in [-0.3, -0.25) is 9.69 Å². The first-order chi connectivity index (χ1) is 19.7. The van der Waals surface area contributed by atoms with Crippen molar-refractivity contribution in [2.24, 2.45) is 0 Å². The van der Waals surface area contributed by atoms with Gasteiger partial charge in [0.05, 0.1) is 0 Å². The molecule has 5 heteroatoms. The predicted molar refractivity (Wildman–Crippen MR) is 161 cm³/mol. The molecule has 0 spiro atoms. The Morgan fingerprint density at radius 2 is 1.55 bits per heavy atom. The number of piperidine rings is 1. The number of carbonyl (C=O) groups excluding carboxylic acids is 1. The zero-order chi connectivity index (χ0) is 27.1. The van der Waals surface area contributed by atoms with Gasteiger partial charge in [-0.1, -0.05) is 78.9 Å². The van der Waals surface area contributed by atoms with Crippen LogP contribution in [-0.4, -0.2) is 34.9 Å². The number of hydrogen-bond donors (Lipinski definition) is 2. The number of likely N-dealkylation sites (tertiary alicyclic amines) is 1. The molecule has 1 aliphatic rings. The molecular weight excluding hydrogens is 494 g/mol. The number of para-hydroxylation sites is 2. The summed E-state index contributed by atoms with van der Waals surface area (Å²) in [5.74, 6) is 1.54. The molecule has 1 atom stereocenters. The lowest BCUT2D eigenvalue weighted by Crippen LogP contribution is -2.44. The summed E-state index contributed by atoms with van der Waals surface area (Å²) in [6, 6.07) is 37.0. The van der Waals surface area contributed by atoms with Crippen LogP contribution in [0.25, 0.3) is 10.9 Å². The van der Waals surface area contributed by atoms with E-state index in [0.717, 1.165) is 66.0 Å². The molecule has 5 nitrogen and oxygen atoms in total. The number of benzene rings is 4. The first-order valence-corrected chi connectivity index (χ1v) is 14.2. The van der Waals surface area contributed by atoms with Crippen molar-refractivity contribution in [2.45, 2.75) is 37.8 Å². The van der Waals surface area contributed by atoms with Gasteiger partial charge in [0, 0.05) is 55.1 Å². The minimum Gasteiger partial charge on any atom is -0.457 e. The Morgan fingerprint density at radius 3 is 2.35 bits per heavy atom. The third-order valence-corrected chi connectivity index (χ3v) is 7.83. The fourth-order valence-electron chi connectivity index (χ4n) is 5.76. The van der Waals surface area contributed by atoms with Gasteiger partial charge in [0.15, 0.2) is 0 Å². The molecule has 1 fully saturated rings. The number of ether oxygens (including phenoxy) is 1. The third-order valence-electron chi connectivity index (χ3n) is 7.83. The number of carbonyl (C=O) groups is 1. The third kappa shape index (κ3) is 6.27. The molecular formula is C35H35N3O2. The van der Waals surface area contributed by atoms with Crippen LogP contribution in [-0.2, 0) is 11.3 Å². The number of nitrogens with zero attached hydrogens (tertiary/aromatic N) is 1. The summed E-state index contributed by atoms with van der Waals surface area (Å²) in [4.78, 5) is 19.4. The van der Waals surface area contributed by atoms with Gasteiger partial charge in [-0.25, -0.2) is 0 Å². The molecule has 0 radical (unpaired) electrons. The van der Waals surface area contributed by atoms with Gasteiger partial charge < -0.3 is 15.0 Å². The maximum atomic E-state index is 13.5. The van der Waals surface area contributed by atoms with Gasteiger partial charge >= 0.3 is 0 Å². The van der Waals surface area contributed by atoms with Crippen molar-refractivity contribution in [3.63, 3.8) is 0 Å². The van der Waals surface area contributed by atoms with Crippen LogP contribution in [0.5, 0.6) is 11.5 Å². The van der Waals surface area contributed by atoms with Crippen LogP contribution >= 0.6 is 0 Å². The molecule has 5 aromatic rings. The van der Waals surface area contributed by atoms with Crippen molar-refractivity contribution < 1.29 is 9.53 Å². The van der Waals surface area contributed by atoms with Crippen molar-refractivity contribution in [3.05, 3.63) is 132 Å². The topological polar surface area (TPSA) is 57.4 Å². The van der Waals surface area contributed by atoms with Crippen molar-refractivity contribution in [3.8, 4) is 11.5 Å². The summed E-state index contributed by atoms with van der Waals surface area (Å²) in [5.41, 5.74) is 4.60. The Balaban J connectivity index is 1.17. The first-order valence-electron chi connectivity index (χ1n) is 14.2. The van der Waals surface area contributed by atoms with E-state index in [1.54, 1.807) is 0 Å². The molecule has 1 aromatic heterocycles. The largest absolute Gasteiger partial charge is 0.457 e. The Kier molecular flexibility index (Phi) is 7.92. The van der Waals surface area contributed by atoms with Crippen LogP contribution in [0.1, 0.15) is 41.9 Å². The van der Waals surface area contributed by atoms with Crippen LogP contribution in [0.4, 0.5) is 0 Å². The monoisotopic (exact) mass is 529 g/mol. The molecule has 40 heavy (non-hydrogen) atoms. The summed E-state index contributed by atoms with van der Waals surface area (Å²) in [5, 5.41) is 4.50. The zero-order valence-corrected chi connectivity index (χ0v) is 22.6. The summed E-state index contributed by atoms with van der Waals surface area (Å²) in [6.07, 6.45) is 4.36. The molecule has 1 unspecified atom stereocenters. The normalized spacial score (nSPS) is 15.1. The summed E-state index contributed by atoms with van der Waals surface area (Å²) >= 11 is 0. The van der Waals surface area contributed by atoms with Gasteiger partial charge in [0.1, 0.15) is 11.5 Å². The maximum absolute atomic E-state index is 13.5. The number of aromatic amines is 1. The van der Waals surface area contributed by atoms with Crippen molar-refractivity contribution in [1.82, 2.24) is 15.2 Å². The van der Waals surface area contributed by atoms with Crippen molar-refractivity contribution in [1.29, 1.82) is 0 Å². The van der Waals surface area contributed by atoms with Crippen LogP contribution < -0.4 is 10.1 Å². The van der Waals surface area contributed by atoms with E-state index in [4.69, 9.17) is 4.74 Å². The van der Waals surface area contributed by atoms with E-state index in [1.165, 1.54) is 5.56 Å². The second-order valence-corrected chi connectivity index (χ2v) is 10.6. The number of amides is 1. The molecule has 4 aromatic carbocycles. The van der Waals surface area contributed by atoms with Gasteiger partial charge in [-0.05, 0) is 59.9 Å². The number of rotatable bonds is 9. The number of fused-ring (bicyclic) bond motifs is 1. The highest BCUT2D eigenvalue weighted by atomic mass is 16.5. The van der Waals surface area contributed by atoms with E-state index in [-0.39, 0.29) is 17.9 Å². The SMILES string of the molecule is O=C(CC(c1cccc(Oc2ccccc2)c1)c1c[nH]c2ccccc12)NC1CCN(Cc2ccccc2)CC1. The zero-order valence-electron chi connectivity index (χ0n) is 22.6. The lowest BCUT2D eigenvalue weighted by Gasteiger charge is -2.32. The standard InChI is InChI=1S/C35H35N3O2/c39-35(37-28-18-20-38(21-19-28)25-26-10-3-1-4-11-26)23-32(33-24-36-34-17-8-7-16-31(33)34)27-12-9-15-30(22-27)40-29-13-5-2-6-14-29/h1-17,22,24,28,32,36H,18-21,23,25H2,(H,37,39). The fraction of sp³-hybridized carbons (Fsp3) is 0.229. The second kappa shape index (κ2) is 12.2. The first kappa shape index (κ1) is 25.9. The quantitative estimate of drug-likeness (QED) is 0.211. The highest BCUT2D eigenvalue weighted by Crippen LogP contribution is 2.35. The number of aromatic nitrogens is 1.